The van der Waals surface area contributed by atoms with Crippen LogP contribution in [0, 0.1) is 39.5 Å². The summed E-state index contributed by atoms with van der Waals surface area (Å²) in [6.45, 7) is 18.2. The van der Waals surface area contributed by atoms with Gasteiger partial charge in [0.2, 0.25) is 0 Å². The molecule has 0 spiro atoms. The Morgan fingerprint density at radius 1 is 0.603 bits per heavy atom. The molecule has 0 saturated carbocycles. The lowest BCUT2D eigenvalue weighted by Gasteiger charge is -2.37. The molecule has 12 heteroatoms. The summed E-state index contributed by atoms with van der Waals surface area (Å²) in [6, 6.07) is 17.1. The van der Waals surface area contributed by atoms with Gasteiger partial charge in [-0.25, -0.2) is 0 Å². The lowest BCUT2D eigenvalue weighted by Crippen LogP contribution is -2.40. The highest BCUT2D eigenvalue weighted by molar-refractivity contribution is 5.98. The quantitative estimate of drug-likeness (QED) is 0.129. The first-order valence-electron chi connectivity index (χ1n) is 25.0. The summed E-state index contributed by atoms with van der Waals surface area (Å²) < 4.78 is 11.2. The molecule has 4 N–H and O–H groups in total. The molecule has 2 saturated heterocycles. The molecule has 4 aromatic rings. The van der Waals surface area contributed by atoms with Crippen LogP contribution in [-0.2, 0) is 48.2 Å². The van der Waals surface area contributed by atoms with Crippen LogP contribution in [-0.4, -0.2) is 96.8 Å². The van der Waals surface area contributed by atoms with Gasteiger partial charge in [-0.05, 0) is 163 Å². The first-order valence-corrected chi connectivity index (χ1v) is 25.0. The van der Waals surface area contributed by atoms with Crippen LogP contribution in [0.4, 0.5) is 11.4 Å². The number of aryl methyl sites for hydroxylation is 4. The summed E-state index contributed by atoms with van der Waals surface area (Å²) in [6.07, 6.45) is 15.2. The second-order valence-corrected chi connectivity index (χ2v) is 18.8. The number of nitrogens with one attached hydrogen (secondary N) is 2. The fraction of sp³-hybridized carbons (Fsp3) is 0.500. The molecule has 2 aromatic heterocycles. The van der Waals surface area contributed by atoms with Crippen molar-refractivity contribution in [3.05, 3.63) is 140 Å². The maximum Gasteiger partial charge on any atom is 0.251 e. The normalized spacial score (nSPS) is 20.4. The lowest BCUT2D eigenvalue weighted by atomic mass is 9.92. The van der Waals surface area contributed by atoms with E-state index in [9.17, 15) is 19.8 Å². The second kappa shape index (κ2) is 24.2. The number of fused-ring (bicyclic) bond motifs is 4. The number of amides is 2. The number of rotatable bonds is 8. The minimum Gasteiger partial charge on any atom is -0.396 e. The maximum atomic E-state index is 13.4. The minimum atomic E-state index is -0.0570. The molecule has 8 rings (SSSR count). The van der Waals surface area contributed by atoms with E-state index < -0.39 is 0 Å². The van der Waals surface area contributed by atoms with E-state index in [1.165, 1.54) is 0 Å². The summed E-state index contributed by atoms with van der Waals surface area (Å²) in [5, 5.41) is 26.5. The molecule has 2 amide bonds. The molecule has 0 aliphatic carbocycles. The third kappa shape index (κ3) is 12.2. The average Bonchev–Trinajstić information content (AvgIpc) is 3.33. The molecule has 4 aliphatic heterocycles. The van der Waals surface area contributed by atoms with Gasteiger partial charge >= 0.3 is 0 Å². The van der Waals surface area contributed by atoms with Crippen LogP contribution in [0.25, 0.3) is 0 Å². The molecule has 2 unspecified atom stereocenters. The van der Waals surface area contributed by atoms with E-state index in [4.69, 9.17) is 9.47 Å². The fourth-order valence-electron chi connectivity index (χ4n) is 10.7. The number of ether oxygens (including phenoxy) is 2. The number of benzene rings is 2. The van der Waals surface area contributed by atoms with E-state index in [1.54, 1.807) is 0 Å². The largest absolute Gasteiger partial charge is 0.396 e. The number of carbonyl (C=O) groups excluding carboxylic acids is 2. The number of allylic oxidation sites excluding steroid dienone is 2. The van der Waals surface area contributed by atoms with Crippen LogP contribution in [0.1, 0.15) is 116 Å². The zero-order chi connectivity index (χ0) is 48.2. The van der Waals surface area contributed by atoms with Crippen molar-refractivity contribution in [2.24, 2.45) is 11.8 Å². The van der Waals surface area contributed by atoms with Crippen molar-refractivity contribution >= 4 is 23.2 Å². The summed E-state index contributed by atoms with van der Waals surface area (Å²) in [5.41, 5.74) is 13.9. The molecule has 0 bridgehead atoms. The Hall–Kier alpha value is -5.40. The Balaban J connectivity index is 0.000000201. The molecule has 6 heterocycles. The van der Waals surface area contributed by atoms with Crippen molar-refractivity contribution in [3.8, 4) is 0 Å². The van der Waals surface area contributed by atoms with Gasteiger partial charge in [0.25, 0.3) is 11.8 Å². The van der Waals surface area contributed by atoms with E-state index in [2.05, 4.69) is 92.8 Å². The van der Waals surface area contributed by atoms with E-state index in [0.29, 0.717) is 49.1 Å². The van der Waals surface area contributed by atoms with Gasteiger partial charge in [-0.3, -0.25) is 19.6 Å². The van der Waals surface area contributed by atoms with Crippen LogP contribution < -0.4 is 20.4 Å². The summed E-state index contributed by atoms with van der Waals surface area (Å²) in [5.74, 6) is -0.0797. The van der Waals surface area contributed by atoms with Crippen molar-refractivity contribution in [1.82, 2.24) is 20.6 Å². The molecular weight excluding hydrogens is 853 g/mol. The van der Waals surface area contributed by atoms with E-state index in [1.807, 2.05) is 52.0 Å². The highest BCUT2D eigenvalue weighted by atomic mass is 16.5. The molecule has 0 radical (unpaired) electrons. The smallest absolute Gasteiger partial charge is 0.251 e. The lowest BCUT2D eigenvalue weighted by molar-refractivity contribution is 0.0845. The number of aliphatic hydroxyl groups excluding tert-OH is 2. The minimum absolute atomic E-state index is 0.0171. The van der Waals surface area contributed by atoms with Gasteiger partial charge in [-0.1, -0.05) is 36.4 Å². The molecule has 4 aliphatic rings. The van der Waals surface area contributed by atoms with Gasteiger partial charge in [-0.15, -0.1) is 0 Å². The molecule has 2 aromatic carbocycles. The van der Waals surface area contributed by atoms with Crippen LogP contribution in [0.3, 0.4) is 0 Å². The van der Waals surface area contributed by atoms with E-state index in [-0.39, 0.29) is 36.9 Å². The predicted octanol–water partition coefficient (Wildman–Crippen LogP) is 7.79. The molecule has 2 fully saturated rings. The van der Waals surface area contributed by atoms with Gasteiger partial charge < -0.3 is 40.1 Å². The Morgan fingerprint density at radius 2 is 1.00 bits per heavy atom. The van der Waals surface area contributed by atoms with Crippen molar-refractivity contribution in [1.29, 1.82) is 0 Å². The van der Waals surface area contributed by atoms with Crippen LogP contribution in [0.5, 0.6) is 0 Å². The number of nitrogens with zero attached hydrogens (tertiary/aromatic N) is 4. The number of aliphatic hydroxyl groups is 2. The van der Waals surface area contributed by atoms with Crippen molar-refractivity contribution < 1.29 is 29.3 Å². The summed E-state index contributed by atoms with van der Waals surface area (Å²) >= 11 is 0. The van der Waals surface area contributed by atoms with Gasteiger partial charge in [0.1, 0.15) is 0 Å². The summed E-state index contributed by atoms with van der Waals surface area (Å²) in [7, 11) is 0. The van der Waals surface area contributed by atoms with Crippen molar-refractivity contribution in [2.45, 2.75) is 118 Å². The van der Waals surface area contributed by atoms with Gasteiger partial charge in [0.05, 0.1) is 0 Å². The number of hydrogen-bond acceptors (Lipinski definition) is 10. The van der Waals surface area contributed by atoms with Gasteiger partial charge in [-0.2, -0.15) is 0 Å². The van der Waals surface area contributed by atoms with E-state index >= 15 is 0 Å². The SMILES string of the molecule is CCN(c1cccc2c1C/C=C/C(CO)Cc1cc(C)nc(C)c1CNC2=O)C1CCOCC1.CCN(c1cccc2c1C/C=C\C(CO)Cc1cc(C)nc(C)c1CNC2=O)C1CCOCC1. The number of carbonyl (C=O) groups is 2. The van der Waals surface area contributed by atoms with Gasteiger partial charge in [0, 0.05) is 135 Å². The standard InChI is InChI=1S/2C28H37N3O3/c2*1-4-31(23-11-13-34-14-12-23)27-10-6-9-25-24(27)8-5-7-21(18-32)16-22-15-19(2)30-20(3)26(22)17-29-28(25)33/h2*5-7,9-10,15,21,23,32H,4,8,11-14,16-18H2,1-3H3,(H,29,33)/b7-5+;7-5-. The second-order valence-electron chi connectivity index (χ2n) is 18.8. The highest BCUT2D eigenvalue weighted by Gasteiger charge is 2.27. The molecule has 12 nitrogen and oxygen atoms in total. The number of anilines is 2. The number of hydrogen-bond donors (Lipinski definition) is 4. The third-order valence-corrected chi connectivity index (χ3v) is 14.2. The molecular formula is C56H74N6O6. The predicted molar refractivity (Wildman–Crippen MR) is 271 cm³/mol. The Labute approximate surface area is 404 Å². The maximum absolute atomic E-state index is 13.4. The Bertz CT molecular complexity index is 2250. The van der Waals surface area contributed by atoms with Crippen LogP contribution in [0.2, 0.25) is 0 Å². The highest BCUT2D eigenvalue weighted by Crippen LogP contribution is 2.33. The molecule has 68 heavy (non-hydrogen) atoms. The Morgan fingerprint density at radius 3 is 1.37 bits per heavy atom. The van der Waals surface area contributed by atoms with Crippen LogP contribution >= 0.6 is 0 Å². The zero-order valence-electron chi connectivity index (χ0n) is 41.3. The average molecular weight is 927 g/mol. The number of aromatic nitrogens is 2. The Kier molecular flexibility index (Phi) is 18.0. The monoisotopic (exact) mass is 927 g/mol. The van der Waals surface area contributed by atoms with E-state index in [0.717, 1.165) is 146 Å². The summed E-state index contributed by atoms with van der Waals surface area (Å²) in [4.78, 5) is 41.0. The van der Waals surface area contributed by atoms with Crippen molar-refractivity contribution in [2.75, 3.05) is 62.5 Å². The molecule has 2 atom stereocenters. The van der Waals surface area contributed by atoms with Gasteiger partial charge in [0.15, 0.2) is 0 Å². The first-order chi connectivity index (χ1) is 33.0. The third-order valence-electron chi connectivity index (χ3n) is 14.2. The molecule has 364 valence electrons. The topological polar surface area (TPSA) is 149 Å². The zero-order valence-corrected chi connectivity index (χ0v) is 41.3. The fourth-order valence-corrected chi connectivity index (χ4v) is 10.7. The van der Waals surface area contributed by atoms with Crippen molar-refractivity contribution in [3.63, 3.8) is 0 Å². The first kappa shape index (κ1) is 50.5. The number of pyridine rings is 2. The van der Waals surface area contributed by atoms with Crippen LogP contribution in [0.15, 0.2) is 72.8 Å².